The molecule has 8 heteroatoms. The molecule has 32 heavy (non-hydrogen) atoms. The molecule has 0 spiro atoms. The van der Waals surface area contributed by atoms with Gasteiger partial charge in [0.2, 0.25) is 11.8 Å². The highest BCUT2D eigenvalue weighted by Crippen LogP contribution is 2.53. The number of carbonyl (C=O) groups excluding carboxylic acids is 2. The minimum atomic E-state index is -0.505. The molecule has 0 aromatic heterocycles. The van der Waals surface area contributed by atoms with Crippen LogP contribution in [0.25, 0.3) is 0 Å². The van der Waals surface area contributed by atoms with Crippen LogP contribution in [0.2, 0.25) is 0 Å². The lowest BCUT2D eigenvalue weighted by molar-refractivity contribution is -0.142. The van der Waals surface area contributed by atoms with E-state index in [0.29, 0.717) is 11.1 Å². The first-order valence-electron chi connectivity index (χ1n) is 10.7. The number of likely N-dealkylation sites (tertiary alicyclic amines) is 1. The Bertz CT molecular complexity index is 1070. The zero-order chi connectivity index (χ0) is 22.6. The van der Waals surface area contributed by atoms with Crippen molar-refractivity contribution in [1.82, 2.24) is 9.80 Å². The van der Waals surface area contributed by atoms with Crippen molar-refractivity contribution in [2.75, 3.05) is 13.7 Å². The molecule has 2 amide bonds. The van der Waals surface area contributed by atoms with Gasteiger partial charge in [0.1, 0.15) is 11.7 Å². The number of nitrogens with one attached hydrogen (secondary N) is 1. The summed E-state index contributed by atoms with van der Waals surface area (Å²) in [5, 5.41) is 7.63. The summed E-state index contributed by atoms with van der Waals surface area (Å²) in [4.78, 5) is 30.6. The SMILES string of the molecule is CO[C@H]1CCN2[C@H]1[C@@H]1C(=O)N(Cc3ccc(F)cc3)C(=O)[C@@H]1[C@@H]2c1ccc(C(=N)N)cc1. The van der Waals surface area contributed by atoms with Gasteiger partial charge < -0.3 is 10.5 Å². The Balaban J connectivity index is 1.51. The number of nitrogen functional groups attached to an aromatic ring is 1. The van der Waals surface area contributed by atoms with E-state index in [-0.39, 0.29) is 48.2 Å². The van der Waals surface area contributed by atoms with Gasteiger partial charge in [0.05, 0.1) is 24.5 Å². The van der Waals surface area contributed by atoms with E-state index in [9.17, 15) is 14.0 Å². The number of hydrogen-bond donors (Lipinski definition) is 2. The molecule has 3 heterocycles. The van der Waals surface area contributed by atoms with Crippen LogP contribution >= 0.6 is 0 Å². The number of nitrogens with zero attached hydrogens (tertiary/aromatic N) is 2. The molecule has 0 bridgehead atoms. The molecule has 3 aliphatic rings. The van der Waals surface area contributed by atoms with Crippen molar-refractivity contribution in [3.8, 4) is 0 Å². The number of nitrogens with two attached hydrogens (primary N) is 1. The minimum absolute atomic E-state index is 0.0167. The second kappa shape index (κ2) is 7.79. The fraction of sp³-hybridized carbons (Fsp3) is 0.375. The van der Waals surface area contributed by atoms with Crippen molar-refractivity contribution < 1.29 is 18.7 Å². The van der Waals surface area contributed by atoms with Crippen LogP contribution in [0.5, 0.6) is 0 Å². The number of amides is 2. The topological polar surface area (TPSA) is 99.7 Å². The van der Waals surface area contributed by atoms with Crippen molar-refractivity contribution in [2.45, 2.75) is 31.2 Å². The number of hydrogen-bond acceptors (Lipinski definition) is 5. The lowest BCUT2D eigenvalue weighted by Crippen LogP contribution is -2.42. The van der Waals surface area contributed by atoms with E-state index in [4.69, 9.17) is 15.9 Å². The van der Waals surface area contributed by atoms with Crippen LogP contribution in [-0.4, -0.2) is 53.3 Å². The standard InChI is InChI=1S/C24H25FN4O3/c1-32-17-10-11-28-20(14-4-6-15(7-5-14)22(26)27)18-19(21(17)28)24(31)29(23(18)30)12-13-2-8-16(25)9-3-13/h2-9,17-21H,10-12H2,1H3,(H3,26,27)/t17-,18-,19+,20-,21+/m0/s1. The summed E-state index contributed by atoms with van der Waals surface area (Å²) in [6, 6.07) is 12.8. The van der Waals surface area contributed by atoms with Gasteiger partial charge in [-0.25, -0.2) is 4.39 Å². The van der Waals surface area contributed by atoms with Crippen LogP contribution in [0.15, 0.2) is 48.5 Å². The lowest BCUT2D eigenvalue weighted by atomic mass is 9.84. The van der Waals surface area contributed by atoms with Crippen LogP contribution in [0.4, 0.5) is 4.39 Å². The van der Waals surface area contributed by atoms with Crippen molar-refractivity contribution in [1.29, 1.82) is 5.41 Å². The first-order chi connectivity index (χ1) is 15.4. The second-order valence-corrected chi connectivity index (χ2v) is 8.71. The van der Waals surface area contributed by atoms with Crippen molar-refractivity contribution >= 4 is 17.6 Å². The molecule has 5 atom stereocenters. The van der Waals surface area contributed by atoms with Gasteiger partial charge in [-0.15, -0.1) is 0 Å². The Kier molecular flexibility index (Phi) is 5.06. The number of halogens is 1. The number of amidine groups is 1. The molecule has 3 aliphatic heterocycles. The Morgan fingerprint density at radius 2 is 1.75 bits per heavy atom. The van der Waals surface area contributed by atoms with Crippen LogP contribution in [0, 0.1) is 23.1 Å². The van der Waals surface area contributed by atoms with Crippen molar-refractivity contribution in [3.05, 3.63) is 71.0 Å². The van der Waals surface area contributed by atoms with Gasteiger partial charge in [0, 0.05) is 31.3 Å². The Morgan fingerprint density at radius 1 is 1.09 bits per heavy atom. The summed E-state index contributed by atoms with van der Waals surface area (Å²) in [6.07, 6.45) is 0.679. The predicted molar refractivity (Wildman–Crippen MR) is 115 cm³/mol. The Hall–Kier alpha value is -3.10. The Labute approximate surface area is 185 Å². The molecule has 3 fully saturated rings. The molecule has 0 unspecified atom stereocenters. The van der Waals surface area contributed by atoms with Gasteiger partial charge in [-0.05, 0) is 29.7 Å². The highest BCUT2D eigenvalue weighted by Gasteiger charge is 2.65. The largest absolute Gasteiger partial charge is 0.384 e. The smallest absolute Gasteiger partial charge is 0.235 e. The van der Waals surface area contributed by atoms with Gasteiger partial charge in [-0.1, -0.05) is 36.4 Å². The molecular formula is C24H25FN4O3. The van der Waals surface area contributed by atoms with E-state index >= 15 is 0 Å². The van der Waals surface area contributed by atoms with Crippen LogP contribution in [0.1, 0.15) is 29.2 Å². The van der Waals surface area contributed by atoms with Gasteiger partial charge in [0.25, 0.3) is 0 Å². The predicted octanol–water partition coefficient (Wildman–Crippen LogP) is 2.06. The zero-order valence-corrected chi connectivity index (χ0v) is 17.7. The third kappa shape index (κ3) is 3.13. The number of carbonyl (C=O) groups is 2. The van der Waals surface area contributed by atoms with Gasteiger partial charge >= 0.3 is 0 Å². The van der Waals surface area contributed by atoms with E-state index in [0.717, 1.165) is 18.5 Å². The molecule has 5 rings (SSSR count). The number of benzene rings is 2. The maximum atomic E-state index is 13.6. The molecule has 0 radical (unpaired) electrons. The van der Waals surface area contributed by atoms with E-state index in [1.807, 2.05) is 12.1 Å². The summed E-state index contributed by atoms with van der Waals surface area (Å²) in [5.41, 5.74) is 7.84. The summed E-state index contributed by atoms with van der Waals surface area (Å²) in [5.74, 6) is -1.75. The van der Waals surface area contributed by atoms with Crippen molar-refractivity contribution in [2.24, 2.45) is 17.6 Å². The van der Waals surface area contributed by atoms with E-state index in [1.165, 1.54) is 17.0 Å². The number of fused-ring (bicyclic) bond motifs is 3. The molecular weight excluding hydrogens is 411 g/mol. The average Bonchev–Trinajstić information content (AvgIpc) is 3.41. The number of ether oxygens (including phenoxy) is 1. The monoisotopic (exact) mass is 436 g/mol. The Morgan fingerprint density at radius 3 is 2.38 bits per heavy atom. The fourth-order valence-corrected chi connectivity index (χ4v) is 5.69. The van der Waals surface area contributed by atoms with Crippen LogP contribution in [-0.2, 0) is 20.9 Å². The first kappa shape index (κ1) is 20.8. The van der Waals surface area contributed by atoms with E-state index in [1.54, 1.807) is 31.4 Å². The van der Waals surface area contributed by atoms with Crippen LogP contribution in [0.3, 0.4) is 0 Å². The first-order valence-corrected chi connectivity index (χ1v) is 10.7. The fourth-order valence-electron chi connectivity index (χ4n) is 5.69. The molecule has 0 aliphatic carbocycles. The number of methoxy groups -OCH3 is 1. The minimum Gasteiger partial charge on any atom is -0.384 e. The number of rotatable bonds is 5. The van der Waals surface area contributed by atoms with Gasteiger partial charge in [-0.3, -0.25) is 24.8 Å². The summed E-state index contributed by atoms with van der Waals surface area (Å²) in [6.45, 7) is 0.874. The van der Waals surface area contributed by atoms with Gasteiger partial charge in [0.15, 0.2) is 0 Å². The summed E-state index contributed by atoms with van der Waals surface area (Å²) < 4.78 is 19.0. The summed E-state index contributed by atoms with van der Waals surface area (Å²) >= 11 is 0. The number of imide groups is 1. The normalized spacial score (nSPS) is 29.4. The zero-order valence-electron chi connectivity index (χ0n) is 17.7. The van der Waals surface area contributed by atoms with Crippen molar-refractivity contribution in [3.63, 3.8) is 0 Å². The molecule has 7 nitrogen and oxygen atoms in total. The maximum Gasteiger partial charge on any atom is 0.235 e. The molecule has 0 saturated carbocycles. The molecule has 3 N–H and O–H groups in total. The molecule has 2 aromatic rings. The van der Waals surface area contributed by atoms with Crippen LogP contribution < -0.4 is 5.73 Å². The highest BCUT2D eigenvalue weighted by molar-refractivity contribution is 6.06. The average molecular weight is 436 g/mol. The molecule has 2 aromatic carbocycles. The van der Waals surface area contributed by atoms with E-state index in [2.05, 4.69) is 4.90 Å². The maximum absolute atomic E-state index is 13.6. The second-order valence-electron chi connectivity index (χ2n) is 8.71. The quantitative estimate of drug-likeness (QED) is 0.425. The van der Waals surface area contributed by atoms with E-state index < -0.39 is 11.8 Å². The molecule has 166 valence electrons. The summed E-state index contributed by atoms with van der Waals surface area (Å²) in [7, 11) is 1.65. The lowest BCUT2D eigenvalue weighted by Gasteiger charge is -2.29. The highest BCUT2D eigenvalue weighted by atomic mass is 19.1. The third-order valence-corrected chi connectivity index (χ3v) is 7.11. The molecule has 3 saturated heterocycles. The third-order valence-electron chi connectivity index (χ3n) is 7.11. The van der Waals surface area contributed by atoms with Gasteiger partial charge in [-0.2, -0.15) is 0 Å².